The quantitative estimate of drug-likeness (QED) is 0.809. The van der Waals surface area contributed by atoms with Crippen LogP contribution in [0.3, 0.4) is 0 Å². The lowest BCUT2D eigenvalue weighted by Crippen LogP contribution is -2.27. The van der Waals surface area contributed by atoms with Crippen molar-refractivity contribution in [2.24, 2.45) is 0 Å². The lowest BCUT2D eigenvalue weighted by Gasteiger charge is -2.17. The molecule has 2 aromatic carbocycles. The Labute approximate surface area is 160 Å². The number of nitrogens with one attached hydrogen (secondary N) is 1. The maximum Gasteiger partial charge on any atom is 0.251 e. The Hall–Kier alpha value is -2.82. The summed E-state index contributed by atoms with van der Waals surface area (Å²) in [7, 11) is 0. The topological polar surface area (TPSA) is 58.6 Å². The second kappa shape index (κ2) is 8.25. The minimum atomic E-state index is -0.138. The van der Waals surface area contributed by atoms with Crippen LogP contribution in [-0.2, 0) is 11.2 Å². The molecule has 5 heteroatoms. The predicted molar refractivity (Wildman–Crippen MR) is 106 cm³/mol. The molecule has 142 valence electrons. The highest BCUT2D eigenvalue weighted by Gasteiger charge is 2.27. The van der Waals surface area contributed by atoms with Gasteiger partial charge in [-0.15, -0.1) is 0 Å². The number of ether oxygens (including phenoxy) is 1. The molecule has 2 amide bonds. The zero-order chi connectivity index (χ0) is 19.4. The molecule has 0 aliphatic carbocycles. The molecular formula is C22H26N2O3. The first-order valence-corrected chi connectivity index (χ1v) is 9.50. The summed E-state index contributed by atoms with van der Waals surface area (Å²) in [4.78, 5) is 26.6. The third kappa shape index (κ3) is 4.13. The van der Waals surface area contributed by atoms with Crippen molar-refractivity contribution < 1.29 is 14.3 Å². The number of carbonyl (C=O) groups excluding carboxylic acids is 2. The number of hydrogen-bond acceptors (Lipinski definition) is 3. The van der Waals surface area contributed by atoms with Crippen molar-refractivity contribution in [3.8, 4) is 5.75 Å². The first kappa shape index (κ1) is 19.0. The van der Waals surface area contributed by atoms with Gasteiger partial charge in [-0.1, -0.05) is 19.1 Å². The third-order valence-corrected chi connectivity index (χ3v) is 4.76. The van der Waals surface area contributed by atoms with Crippen LogP contribution in [-0.4, -0.2) is 25.0 Å². The van der Waals surface area contributed by atoms with Gasteiger partial charge in [0.05, 0.1) is 19.1 Å². The van der Waals surface area contributed by atoms with E-state index in [0.717, 1.165) is 29.0 Å². The zero-order valence-electron chi connectivity index (χ0n) is 16.1. The van der Waals surface area contributed by atoms with Crippen LogP contribution in [0.1, 0.15) is 54.7 Å². The smallest absolute Gasteiger partial charge is 0.251 e. The fraction of sp³-hybridized carbons (Fsp3) is 0.364. The lowest BCUT2D eigenvalue weighted by atomic mass is 10.1. The summed E-state index contributed by atoms with van der Waals surface area (Å²) in [5.74, 6) is 0.785. The molecular weight excluding hydrogens is 340 g/mol. The molecule has 0 radical (unpaired) electrons. The monoisotopic (exact) mass is 366 g/mol. The molecule has 3 rings (SSSR count). The van der Waals surface area contributed by atoms with Gasteiger partial charge in [-0.25, -0.2) is 0 Å². The molecule has 1 heterocycles. The number of rotatable bonds is 7. The molecule has 0 bridgehead atoms. The average molecular weight is 366 g/mol. The summed E-state index contributed by atoms with van der Waals surface area (Å²) < 4.78 is 5.45. The number of benzene rings is 2. The number of hydrogen-bond donors (Lipinski definition) is 1. The molecule has 0 aromatic heterocycles. The van der Waals surface area contributed by atoms with Gasteiger partial charge in [0.15, 0.2) is 0 Å². The average Bonchev–Trinajstić information content (AvgIpc) is 2.97. The SMILES string of the molecule is CCCN1C(=O)Cc2cc(C(=O)N[C@H](C)c3ccc(OCC)cc3)ccc21. The van der Waals surface area contributed by atoms with Crippen molar-refractivity contribution in [1.29, 1.82) is 0 Å². The van der Waals surface area contributed by atoms with Gasteiger partial charge in [0.1, 0.15) is 5.75 Å². The summed E-state index contributed by atoms with van der Waals surface area (Å²) in [5.41, 5.74) is 3.45. The number of anilines is 1. The Bertz CT molecular complexity index is 830. The fourth-order valence-corrected chi connectivity index (χ4v) is 3.38. The van der Waals surface area contributed by atoms with E-state index in [1.54, 1.807) is 11.0 Å². The first-order chi connectivity index (χ1) is 13.0. The van der Waals surface area contributed by atoms with Gasteiger partial charge in [0, 0.05) is 17.8 Å². The first-order valence-electron chi connectivity index (χ1n) is 9.50. The highest BCUT2D eigenvalue weighted by molar-refractivity contribution is 6.03. The van der Waals surface area contributed by atoms with Gasteiger partial charge in [0.2, 0.25) is 5.91 Å². The van der Waals surface area contributed by atoms with E-state index >= 15 is 0 Å². The van der Waals surface area contributed by atoms with E-state index in [-0.39, 0.29) is 17.9 Å². The number of amides is 2. The van der Waals surface area contributed by atoms with Crippen molar-refractivity contribution in [3.63, 3.8) is 0 Å². The van der Waals surface area contributed by atoms with E-state index in [1.807, 2.05) is 50.2 Å². The fourth-order valence-electron chi connectivity index (χ4n) is 3.38. The molecule has 1 aliphatic rings. The van der Waals surface area contributed by atoms with Gasteiger partial charge in [0.25, 0.3) is 5.91 Å². The lowest BCUT2D eigenvalue weighted by molar-refractivity contribution is -0.117. The van der Waals surface area contributed by atoms with Crippen molar-refractivity contribution in [1.82, 2.24) is 5.32 Å². The van der Waals surface area contributed by atoms with Crippen LogP contribution in [0, 0.1) is 0 Å². The molecule has 0 saturated carbocycles. The van der Waals surface area contributed by atoms with E-state index in [4.69, 9.17) is 4.74 Å². The number of fused-ring (bicyclic) bond motifs is 1. The van der Waals surface area contributed by atoms with E-state index in [2.05, 4.69) is 12.2 Å². The summed E-state index contributed by atoms with van der Waals surface area (Å²) in [6, 6.07) is 13.1. The molecule has 1 N–H and O–H groups in total. The van der Waals surface area contributed by atoms with E-state index in [1.165, 1.54) is 0 Å². The summed E-state index contributed by atoms with van der Waals surface area (Å²) in [6.45, 7) is 7.29. The maximum atomic E-state index is 12.7. The summed E-state index contributed by atoms with van der Waals surface area (Å²) in [6.07, 6.45) is 1.28. The van der Waals surface area contributed by atoms with E-state index < -0.39 is 0 Å². The second-order valence-corrected chi connectivity index (χ2v) is 6.76. The second-order valence-electron chi connectivity index (χ2n) is 6.76. The molecule has 0 unspecified atom stereocenters. The minimum Gasteiger partial charge on any atom is -0.494 e. The summed E-state index contributed by atoms with van der Waals surface area (Å²) >= 11 is 0. The van der Waals surface area contributed by atoms with Crippen LogP contribution in [0.25, 0.3) is 0 Å². The Balaban J connectivity index is 1.69. The zero-order valence-corrected chi connectivity index (χ0v) is 16.1. The van der Waals surface area contributed by atoms with Gasteiger partial charge < -0.3 is 15.0 Å². The summed E-state index contributed by atoms with van der Waals surface area (Å²) in [5, 5.41) is 3.02. The maximum absolute atomic E-state index is 12.7. The van der Waals surface area contributed by atoms with Crippen LogP contribution in [0.4, 0.5) is 5.69 Å². The highest BCUT2D eigenvalue weighted by atomic mass is 16.5. The van der Waals surface area contributed by atoms with E-state index in [0.29, 0.717) is 25.1 Å². The number of nitrogens with zero attached hydrogens (tertiary/aromatic N) is 1. The van der Waals surface area contributed by atoms with Crippen LogP contribution < -0.4 is 15.0 Å². The van der Waals surface area contributed by atoms with Gasteiger partial charge in [-0.05, 0) is 61.7 Å². The molecule has 0 saturated heterocycles. The van der Waals surface area contributed by atoms with Crippen molar-refractivity contribution in [2.45, 2.75) is 39.7 Å². The Morgan fingerprint density at radius 3 is 2.59 bits per heavy atom. The van der Waals surface area contributed by atoms with Crippen LogP contribution in [0.2, 0.25) is 0 Å². The van der Waals surface area contributed by atoms with Crippen LogP contribution >= 0.6 is 0 Å². The van der Waals surface area contributed by atoms with Crippen molar-refractivity contribution in [3.05, 3.63) is 59.2 Å². The largest absolute Gasteiger partial charge is 0.494 e. The highest BCUT2D eigenvalue weighted by Crippen LogP contribution is 2.30. The molecule has 2 aromatic rings. The molecule has 27 heavy (non-hydrogen) atoms. The van der Waals surface area contributed by atoms with E-state index in [9.17, 15) is 9.59 Å². The predicted octanol–water partition coefficient (Wildman–Crippen LogP) is 3.88. The van der Waals surface area contributed by atoms with Gasteiger partial charge >= 0.3 is 0 Å². The Kier molecular flexibility index (Phi) is 5.79. The standard InChI is InChI=1S/C22H26N2O3/c1-4-12-24-20-11-8-17(13-18(20)14-21(24)25)22(26)23-15(3)16-6-9-19(10-7-16)27-5-2/h6-11,13,15H,4-5,12,14H2,1-3H3,(H,23,26)/t15-/m1/s1. The molecule has 1 atom stereocenters. The molecule has 1 aliphatic heterocycles. The molecule has 0 fully saturated rings. The van der Waals surface area contributed by atoms with Gasteiger partial charge in [-0.3, -0.25) is 9.59 Å². The van der Waals surface area contributed by atoms with Gasteiger partial charge in [-0.2, -0.15) is 0 Å². The Morgan fingerprint density at radius 2 is 1.93 bits per heavy atom. The minimum absolute atomic E-state index is 0.104. The molecule has 5 nitrogen and oxygen atoms in total. The van der Waals surface area contributed by atoms with Crippen LogP contribution in [0.15, 0.2) is 42.5 Å². The third-order valence-electron chi connectivity index (χ3n) is 4.76. The number of carbonyl (C=O) groups is 2. The normalized spacial score (nSPS) is 14.0. The van der Waals surface area contributed by atoms with Crippen molar-refractivity contribution in [2.75, 3.05) is 18.1 Å². The van der Waals surface area contributed by atoms with Crippen molar-refractivity contribution >= 4 is 17.5 Å². The van der Waals surface area contributed by atoms with Crippen LogP contribution in [0.5, 0.6) is 5.75 Å². The molecule has 0 spiro atoms. The Morgan fingerprint density at radius 1 is 1.19 bits per heavy atom.